The molecule has 5 heteroatoms. The molecule has 2 heterocycles. The van der Waals surface area contributed by atoms with Gasteiger partial charge in [-0.15, -0.1) is 0 Å². The number of nitrogens with zero attached hydrogens (tertiary/aromatic N) is 1. The van der Waals surface area contributed by atoms with Crippen molar-refractivity contribution in [2.45, 2.75) is 32.4 Å². The van der Waals surface area contributed by atoms with Crippen molar-refractivity contribution in [1.29, 1.82) is 0 Å². The van der Waals surface area contributed by atoms with Crippen molar-refractivity contribution in [2.24, 2.45) is 0 Å². The van der Waals surface area contributed by atoms with E-state index in [1.165, 1.54) is 4.90 Å². The van der Waals surface area contributed by atoms with Crippen molar-refractivity contribution in [2.75, 3.05) is 6.54 Å². The molecule has 2 rings (SSSR count). The molecule has 1 aromatic rings. The fourth-order valence-electron chi connectivity index (χ4n) is 1.98. The average molecular weight is 236 g/mol. The van der Waals surface area contributed by atoms with E-state index in [4.69, 9.17) is 4.42 Å². The van der Waals surface area contributed by atoms with Crippen molar-refractivity contribution in [3.63, 3.8) is 0 Å². The van der Waals surface area contributed by atoms with E-state index >= 15 is 0 Å². The number of piperazine rings is 1. The monoisotopic (exact) mass is 236 g/mol. The zero-order valence-electron chi connectivity index (χ0n) is 9.81. The predicted molar refractivity (Wildman–Crippen MR) is 61.0 cm³/mol. The van der Waals surface area contributed by atoms with Crippen LogP contribution < -0.4 is 5.32 Å². The summed E-state index contributed by atoms with van der Waals surface area (Å²) in [5, 5.41) is 2.72. The van der Waals surface area contributed by atoms with Crippen LogP contribution in [0.5, 0.6) is 0 Å². The molecule has 1 unspecified atom stereocenters. The van der Waals surface area contributed by atoms with E-state index < -0.39 is 0 Å². The molecule has 0 bridgehead atoms. The van der Waals surface area contributed by atoms with Crippen molar-refractivity contribution in [3.8, 4) is 0 Å². The molecular formula is C12H16N2O3. The van der Waals surface area contributed by atoms with Crippen LogP contribution in [-0.4, -0.2) is 29.3 Å². The SMILES string of the molecule is CCCC1NC(=O)CN(Cc2ccco2)C1=O. The normalized spacial score (nSPS) is 20.5. The van der Waals surface area contributed by atoms with Gasteiger partial charge in [-0.25, -0.2) is 0 Å². The van der Waals surface area contributed by atoms with E-state index in [1.807, 2.05) is 6.92 Å². The second kappa shape index (κ2) is 5.03. The summed E-state index contributed by atoms with van der Waals surface area (Å²) < 4.78 is 5.19. The first-order chi connectivity index (χ1) is 8.20. The standard InChI is InChI=1S/C12H16N2O3/c1-2-4-10-12(16)14(8-11(15)13-10)7-9-5-3-6-17-9/h3,5-6,10H,2,4,7-8H2,1H3,(H,13,15). The Balaban J connectivity index is 2.05. The Kier molecular flexibility index (Phi) is 3.46. The maximum absolute atomic E-state index is 12.1. The number of nitrogens with one attached hydrogen (secondary N) is 1. The van der Waals surface area contributed by atoms with Crippen LogP contribution in [0, 0.1) is 0 Å². The molecule has 0 radical (unpaired) electrons. The topological polar surface area (TPSA) is 62.6 Å². The van der Waals surface area contributed by atoms with E-state index in [0.29, 0.717) is 18.7 Å². The summed E-state index contributed by atoms with van der Waals surface area (Å²) in [5.74, 6) is 0.570. The maximum Gasteiger partial charge on any atom is 0.246 e. The van der Waals surface area contributed by atoms with Crippen molar-refractivity contribution in [3.05, 3.63) is 24.2 Å². The predicted octanol–water partition coefficient (Wildman–Crippen LogP) is 0.907. The largest absolute Gasteiger partial charge is 0.467 e. The highest BCUT2D eigenvalue weighted by Gasteiger charge is 2.32. The molecule has 1 N–H and O–H groups in total. The van der Waals surface area contributed by atoms with Gasteiger partial charge in [0.1, 0.15) is 18.3 Å². The lowest BCUT2D eigenvalue weighted by Gasteiger charge is -2.31. The minimum atomic E-state index is -0.379. The van der Waals surface area contributed by atoms with E-state index in [1.54, 1.807) is 18.4 Å². The van der Waals surface area contributed by atoms with E-state index in [2.05, 4.69) is 5.32 Å². The molecule has 2 amide bonds. The molecule has 1 saturated heterocycles. The van der Waals surface area contributed by atoms with Crippen LogP contribution in [0.2, 0.25) is 0 Å². The van der Waals surface area contributed by atoms with Gasteiger partial charge < -0.3 is 14.6 Å². The van der Waals surface area contributed by atoms with Gasteiger partial charge in [-0.3, -0.25) is 9.59 Å². The highest BCUT2D eigenvalue weighted by atomic mass is 16.3. The number of amides is 2. The molecule has 0 aromatic carbocycles. The number of furan rings is 1. The summed E-state index contributed by atoms with van der Waals surface area (Å²) in [6.07, 6.45) is 3.11. The summed E-state index contributed by atoms with van der Waals surface area (Å²) in [4.78, 5) is 25.1. The highest BCUT2D eigenvalue weighted by molar-refractivity contribution is 5.94. The Morgan fingerprint density at radius 3 is 3.00 bits per heavy atom. The first kappa shape index (κ1) is 11.7. The van der Waals surface area contributed by atoms with E-state index in [-0.39, 0.29) is 24.4 Å². The van der Waals surface area contributed by atoms with Gasteiger partial charge in [0.15, 0.2) is 0 Å². The first-order valence-electron chi connectivity index (χ1n) is 5.81. The molecule has 1 fully saturated rings. The van der Waals surface area contributed by atoms with Crippen molar-refractivity contribution < 1.29 is 14.0 Å². The Morgan fingerprint density at radius 2 is 2.35 bits per heavy atom. The molecule has 1 aliphatic rings. The van der Waals surface area contributed by atoms with Gasteiger partial charge in [0, 0.05) is 0 Å². The van der Waals surface area contributed by atoms with Gasteiger partial charge in [0.05, 0.1) is 12.8 Å². The van der Waals surface area contributed by atoms with E-state index in [9.17, 15) is 9.59 Å². The minimum Gasteiger partial charge on any atom is -0.467 e. The highest BCUT2D eigenvalue weighted by Crippen LogP contribution is 2.12. The number of hydrogen-bond acceptors (Lipinski definition) is 3. The number of hydrogen-bond donors (Lipinski definition) is 1. The fraction of sp³-hybridized carbons (Fsp3) is 0.500. The minimum absolute atomic E-state index is 0.0251. The van der Waals surface area contributed by atoms with Crippen LogP contribution >= 0.6 is 0 Å². The molecule has 0 spiro atoms. The lowest BCUT2D eigenvalue weighted by atomic mass is 10.1. The van der Waals surface area contributed by atoms with Crippen molar-refractivity contribution in [1.82, 2.24) is 10.2 Å². The summed E-state index contributed by atoms with van der Waals surface area (Å²) in [5.41, 5.74) is 0. The van der Waals surface area contributed by atoms with Crippen LogP contribution in [0.4, 0.5) is 0 Å². The van der Waals surface area contributed by atoms with Gasteiger partial charge >= 0.3 is 0 Å². The van der Waals surface area contributed by atoms with E-state index in [0.717, 1.165) is 6.42 Å². The Hall–Kier alpha value is -1.78. The Morgan fingerprint density at radius 1 is 1.53 bits per heavy atom. The van der Waals surface area contributed by atoms with Gasteiger partial charge in [-0.05, 0) is 18.6 Å². The second-order valence-corrected chi connectivity index (χ2v) is 4.18. The fourth-order valence-corrected chi connectivity index (χ4v) is 1.98. The summed E-state index contributed by atoms with van der Waals surface area (Å²) >= 11 is 0. The quantitative estimate of drug-likeness (QED) is 0.845. The third-order valence-electron chi connectivity index (χ3n) is 2.78. The molecule has 0 aliphatic carbocycles. The Bertz CT molecular complexity index is 400. The zero-order chi connectivity index (χ0) is 12.3. The third kappa shape index (κ3) is 2.67. The molecular weight excluding hydrogens is 220 g/mol. The maximum atomic E-state index is 12.1. The van der Waals surface area contributed by atoms with Crippen molar-refractivity contribution >= 4 is 11.8 Å². The molecule has 0 saturated carbocycles. The zero-order valence-corrected chi connectivity index (χ0v) is 9.81. The summed E-state index contributed by atoms with van der Waals surface area (Å²) in [6.45, 7) is 2.46. The number of rotatable bonds is 4. The number of carbonyl (C=O) groups excluding carboxylic acids is 2. The lowest BCUT2D eigenvalue weighted by Crippen LogP contribution is -2.57. The van der Waals surface area contributed by atoms with Gasteiger partial charge in [-0.2, -0.15) is 0 Å². The smallest absolute Gasteiger partial charge is 0.246 e. The van der Waals surface area contributed by atoms with Crippen LogP contribution in [-0.2, 0) is 16.1 Å². The summed E-state index contributed by atoms with van der Waals surface area (Å²) in [7, 11) is 0. The first-order valence-corrected chi connectivity index (χ1v) is 5.81. The Labute approximate surface area is 99.8 Å². The van der Waals surface area contributed by atoms with Gasteiger partial charge in [0.2, 0.25) is 11.8 Å². The van der Waals surface area contributed by atoms with Gasteiger partial charge in [-0.1, -0.05) is 13.3 Å². The molecule has 5 nitrogen and oxygen atoms in total. The lowest BCUT2D eigenvalue weighted by molar-refractivity contribution is -0.145. The van der Waals surface area contributed by atoms with Crippen LogP contribution in [0.15, 0.2) is 22.8 Å². The van der Waals surface area contributed by atoms with Gasteiger partial charge in [0.25, 0.3) is 0 Å². The molecule has 1 aliphatic heterocycles. The molecule has 92 valence electrons. The molecule has 1 aromatic heterocycles. The second-order valence-electron chi connectivity index (χ2n) is 4.18. The summed E-state index contributed by atoms with van der Waals surface area (Å²) in [6, 6.07) is 3.19. The molecule has 1 atom stereocenters. The number of carbonyl (C=O) groups is 2. The van der Waals surface area contributed by atoms with Crippen LogP contribution in [0.1, 0.15) is 25.5 Å². The van der Waals surface area contributed by atoms with Crippen LogP contribution in [0.3, 0.4) is 0 Å². The van der Waals surface area contributed by atoms with Crippen LogP contribution in [0.25, 0.3) is 0 Å². The average Bonchev–Trinajstić information content (AvgIpc) is 2.78. The molecule has 17 heavy (non-hydrogen) atoms. The third-order valence-corrected chi connectivity index (χ3v) is 2.78.